The number of methoxy groups -OCH3 is 1. The highest BCUT2D eigenvalue weighted by atomic mass is 32.1. The summed E-state index contributed by atoms with van der Waals surface area (Å²) in [6.45, 7) is 3.76. The van der Waals surface area contributed by atoms with Gasteiger partial charge in [0.05, 0.1) is 39.4 Å². The molecule has 0 aliphatic carbocycles. The second kappa shape index (κ2) is 8.71. The molecule has 0 saturated carbocycles. The molecule has 1 atom stereocenters. The van der Waals surface area contributed by atoms with E-state index in [1.165, 1.54) is 12.0 Å². The molecule has 5 nitrogen and oxygen atoms in total. The molecular weight excluding hydrogens is 370 g/mol. The minimum Gasteiger partial charge on any atom is -0.466 e. The van der Waals surface area contributed by atoms with Gasteiger partial charge in [0.15, 0.2) is 5.11 Å². The van der Waals surface area contributed by atoms with Crippen LogP contribution in [0.5, 0.6) is 0 Å². The van der Waals surface area contributed by atoms with Crippen molar-refractivity contribution < 1.29 is 14.4 Å². The summed E-state index contributed by atoms with van der Waals surface area (Å²) < 4.78 is 5.11. The number of allylic oxidation sites excluding steroid dienone is 1. The van der Waals surface area contributed by atoms with Gasteiger partial charge in [0.1, 0.15) is 0 Å². The first-order valence-corrected chi connectivity index (χ1v) is 9.98. The van der Waals surface area contributed by atoms with Gasteiger partial charge in [-0.2, -0.15) is 0 Å². The largest absolute Gasteiger partial charge is 0.466 e. The molecule has 148 valence electrons. The molecule has 3 rings (SSSR count). The van der Waals surface area contributed by atoms with Crippen LogP contribution in [0.3, 0.4) is 0 Å². The van der Waals surface area contributed by atoms with E-state index in [0.717, 1.165) is 41.5 Å². The van der Waals surface area contributed by atoms with Gasteiger partial charge in [-0.15, -0.1) is 0 Å². The zero-order valence-electron chi connectivity index (χ0n) is 16.9. The molecule has 2 aromatic carbocycles. The molecule has 1 aliphatic heterocycles. The molecule has 1 heterocycles. The van der Waals surface area contributed by atoms with E-state index in [-0.39, 0.29) is 12.0 Å². The molecule has 0 amide bonds. The highest BCUT2D eigenvalue weighted by Gasteiger charge is 2.34. The number of thiocarbonyl (C=S) groups is 1. The first-order chi connectivity index (χ1) is 13.4. The van der Waals surface area contributed by atoms with Crippen molar-refractivity contribution >= 4 is 34.1 Å². The summed E-state index contributed by atoms with van der Waals surface area (Å²) >= 11 is 5.65. The summed E-state index contributed by atoms with van der Waals surface area (Å²) in [5.41, 5.74) is 2.48. The number of ether oxygens (including phenoxy) is 1. The monoisotopic (exact) mass is 398 g/mol. The molecule has 0 unspecified atom stereocenters. The predicted molar refractivity (Wildman–Crippen MR) is 116 cm³/mol. The number of hydrogen-bond acceptors (Lipinski definition) is 3. The lowest BCUT2D eigenvalue weighted by Crippen LogP contribution is -3.05. The maximum Gasteiger partial charge on any atom is 0.337 e. The zero-order valence-corrected chi connectivity index (χ0v) is 17.7. The summed E-state index contributed by atoms with van der Waals surface area (Å²) in [6.07, 6.45) is 0.983. The van der Waals surface area contributed by atoms with Crippen LogP contribution >= 0.6 is 12.2 Å². The quantitative estimate of drug-likeness (QED) is 0.576. The van der Waals surface area contributed by atoms with Gasteiger partial charge in [-0.3, -0.25) is 0 Å². The third-order valence-corrected chi connectivity index (χ3v) is 5.51. The van der Waals surface area contributed by atoms with E-state index >= 15 is 0 Å². The van der Waals surface area contributed by atoms with E-state index in [1.807, 2.05) is 30.0 Å². The molecular formula is C22H28N3O2S+. The molecule has 28 heavy (non-hydrogen) atoms. The molecule has 0 fully saturated rings. The van der Waals surface area contributed by atoms with Crippen LogP contribution in [0.4, 0.5) is 0 Å². The van der Waals surface area contributed by atoms with E-state index in [0.29, 0.717) is 10.7 Å². The van der Waals surface area contributed by atoms with E-state index < -0.39 is 0 Å². The van der Waals surface area contributed by atoms with Gasteiger partial charge in [-0.1, -0.05) is 36.4 Å². The number of benzene rings is 2. The Morgan fingerprint density at radius 3 is 2.61 bits per heavy atom. The van der Waals surface area contributed by atoms with Crippen LogP contribution in [0.15, 0.2) is 53.7 Å². The van der Waals surface area contributed by atoms with Gasteiger partial charge in [0, 0.05) is 18.7 Å². The summed E-state index contributed by atoms with van der Waals surface area (Å²) in [7, 11) is 5.68. The van der Waals surface area contributed by atoms with Crippen molar-refractivity contribution in [2.24, 2.45) is 0 Å². The number of carbonyl (C=O) groups excluding carboxylic acids is 1. The molecule has 1 aliphatic rings. The molecule has 6 heteroatoms. The number of rotatable bonds is 6. The summed E-state index contributed by atoms with van der Waals surface area (Å²) in [5.74, 6) is -0.325. The number of quaternary nitrogens is 1. The standard InChI is InChI=1S/C22H27N3O2S/c1-15-19(21(26)27-4)20(23-22(28)25(15)13-7-12-24(2)3)18-11-10-16-8-5-6-9-17(16)14-18/h5-6,8-11,14,20H,7,12-13H2,1-4H3,(H,23,28)/p+1/t20-/m1/s1. The van der Waals surface area contributed by atoms with Crippen LogP contribution in [-0.4, -0.2) is 50.3 Å². The molecule has 2 aromatic rings. The summed E-state index contributed by atoms with van der Waals surface area (Å²) in [4.78, 5) is 16.1. The SMILES string of the molecule is COC(=O)C1=C(C)N(CCC[NH+](C)C)C(=S)N[C@@H]1c1ccc2ccccc2c1. The van der Waals surface area contributed by atoms with Crippen molar-refractivity contribution in [1.29, 1.82) is 0 Å². The zero-order chi connectivity index (χ0) is 20.3. The van der Waals surface area contributed by atoms with E-state index in [4.69, 9.17) is 17.0 Å². The van der Waals surface area contributed by atoms with Crippen molar-refractivity contribution in [3.63, 3.8) is 0 Å². The van der Waals surface area contributed by atoms with Crippen molar-refractivity contribution in [1.82, 2.24) is 10.2 Å². The first-order valence-electron chi connectivity index (χ1n) is 9.57. The summed E-state index contributed by atoms with van der Waals surface area (Å²) in [5, 5.41) is 6.32. The maximum absolute atomic E-state index is 12.7. The third-order valence-electron chi connectivity index (χ3n) is 5.17. The van der Waals surface area contributed by atoms with Crippen LogP contribution in [0.2, 0.25) is 0 Å². The first kappa shape index (κ1) is 20.3. The van der Waals surface area contributed by atoms with Crippen LogP contribution in [0.1, 0.15) is 24.9 Å². The predicted octanol–water partition coefficient (Wildman–Crippen LogP) is 2.05. The van der Waals surface area contributed by atoms with Crippen LogP contribution in [0.25, 0.3) is 10.8 Å². The lowest BCUT2D eigenvalue weighted by Gasteiger charge is -2.37. The fourth-order valence-electron chi connectivity index (χ4n) is 3.65. The third kappa shape index (κ3) is 4.18. The van der Waals surface area contributed by atoms with Crippen molar-refractivity contribution in [2.45, 2.75) is 19.4 Å². The average molecular weight is 399 g/mol. The highest BCUT2D eigenvalue weighted by molar-refractivity contribution is 7.80. The smallest absolute Gasteiger partial charge is 0.337 e. The normalized spacial score (nSPS) is 17.2. The number of esters is 1. The lowest BCUT2D eigenvalue weighted by molar-refractivity contribution is -0.858. The van der Waals surface area contributed by atoms with Gasteiger partial charge in [0.2, 0.25) is 0 Å². The number of carbonyl (C=O) groups is 1. The van der Waals surface area contributed by atoms with E-state index in [9.17, 15) is 4.79 Å². The number of fused-ring (bicyclic) bond motifs is 1. The Bertz CT molecular complexity index is 923. The molecule has 0 saturated heterocycles. The molecule has 0 aromatic heterocycles. The Hall–Kier alpha value is -2.44. The Morgan fingerprint density at radius 1 is 1.21 bits per heavy atom. The van der Waals surface area contributed by atoms with Gasteiger partial charge < -0.3 is 19.9 Å². The minimum absolute atomic E-state index is 0.319. The average Bonchev–Trinajstić information content (AvgIpc) is 2.69. The van der Waals surface area contributed by atoms with Crippen molar-refractivity contribution in [3.8, 4) is 0 Å². The van der Waals surface area contributed by atoms with Crippen LogP contribution in [0, 0.1) is 0 Å². The highest BCUT2D eigenvalue weighted by Crippen LogP contribution is 2.32. The van der Waals surface area contributed by atoms with Gasteiger partial charge in [-0.05, 0) is 41.5 Å². The molecule has 0 spiro atoms. The fourth-order valence-corrected chi connectivity index (χ4v) is 4.00. The second-order valence-electron chi connectivity index (χ2n) is 7.44. The Balaban J connectivity index is 1.98. The lowest BCUT2D eigenvalue weighted by atomic mass is 9.93. The molecule has 0 radical (unpaired) electrons. The van der Waals surface area contributed by atoms with Crippen molar-refractivity contribution in [2.75, 3.05) is 34.3 Å². The molecule has 0 bridgehead atoms. The topological polar surface area (TPSA) is 46.0 Å². The summed E-state index contributed by atoms with van der Waals surface area (Å²) in [6, 6.07) is 14.1. The van der Waals surface area contributed by atoms with Crippen LogP contribution in [-0.2, 0) is 9.53 Å². The Morgan fingerprint density at radius 2 is 1.93 bits per heavy atom. The van der Waals surface area contributed by atoms with Crippen LogP contribution < -0.4 is 10.2 Å². The Labute approximate surface area is 172 Å². The molecule has 2 N–H and O–H groups in total. The number of nitrogens with zero attached hydrogens (tertiary/aromatic N) is 1. The van der Waals surface area contributed by atoms with Gasteiger partial charge in [-0.25, -0.2) is 4.79 Å². The van der Waals surface area contributed by atoms with E-state index in [1.54, 1.807) is 0 Å². The minimum atomic E-state index is -0.325. The van der Waals surface area contributed by atoms with Crippen molar-refractivity contribution in [3.05, 3.63) is 59.3 Å². The van der Waals surface area contributed by atoms with E-state index in [2.05, 4.69) is 43.7 Å². The number of nitrogens with one attached hydrogen (secondary N) is 2. The Kier molecular flexibility index (Phi) is 6.31. The van der Waals surface area contributed by atoms with Gasteiger partial charge >= 0.3 is 5.97 Å². The van der Waals surface area contributed by atoms with Gasteiger partial charge in [0.25, 0.3) is 0 Å². The number of hydrogen-bond donors (Lipinski definition) is 2. The second-order valence-corrected chi connectivity index (χ2v) is 7.83. The fraction of sp³-hybridized carbons (Fsp3) is 0.364. The maximum atomic E-state index is 12.7.